The number of fused-ring (bicyclic) bond motifs is 1. The molecule has 1 aliphatic carbocycles. The predicted molar refractivity (Wildman–Crippen MR) is 127 cm³/mol. The highest BCUT2D eigenvalue weighted by atomic mass is 32.2. The summed E-state index contributed by atoms with van der Waals surface area (Å²) in [6.45, 7) is 3.48. The number of methoxy groups -OCH3 is 1. The van der Waals surface area contributed by atoms with E-state index in [1.54, 1.807) is 7.11 Å². The predicted octanol–water partition coefficient (Wildman–Crippen LogP) is 1.02. The first-order chi connectivity index (χ1) is 16.5. The molecule has 2 aromatic rings. The molecule has 2 aliphatic heterocycles. The maximum atomic E-state index is 12.5. The Kier molecular flexibility index (Phi) is 7.04. The lowest BCUT2D eigenvalue weighted by molar-refractivity contribution is 0.122. The van der Waals surface area contributed by atoms with Gasteiger partial charge in [0, 0.05) is 31.8 Å². The van der Waals surface area contributed by atoms with E-state index in [9.17, 15) is 8.42 Å². The Hall–Kier alpha value is -2.22. The fourth-order valence-corrected chi connectivity index (χ4v) is 6.55. The van der Waals surface area contributed by atoms with Crippen LogP contribution < -0.4 is 19.7 Å². The summed E-state index contributed by atoms with van der Waals surface area (Å²) in [5.41, 5.74) is 0.617. The first-order valence-corrected chi connectivity index (χ1v) is 13.7. The summed E-state index contributed by atoms with van der Waals surface area (Å²) < 4.78 is 44.3. The summed E-state index contributed by atoms with van der Waals surface area (Å²) in [4.78, 5) is 11.4. The molecule has 13 heteroatoms. The first-order valence-electron chi connectivity index (χ1n) is 12.0. The molecule has 5 rings (SSSR count). The molecule has 1 saturated carbocycles. The number of ether oxygens (including phenoxy) is 3. The largest absolute Gasteiger partial charge is 0.480 e. The van der Waals surface area contributed by atoms with E-state index in [1.807, 2.05) is 0 Å². The number of rotatable bonds is 8. The fourth-order valence-electron chi connectivity index (χ4n) is 4.96. The summed E-state index contributed by atoms with van der Waals surface area (Å²) >= 11 is 0. The molecule has 0 bridgehead atoms. The highest BCUT2D eigenvalue weighted by Gasteiger charge is 2.29. The van der Waals surface area contributed by atoms with Crippen LogP contribution in [0.4, 0.5) is 11.8 Å². The van der Waals surface area contributed by atoms with E-state index >= 15 is 0 Å². The number of aromatic nitrogens is 4. The SMILES string of the molecule is COc1nc(NC2CCC(NS(=O)(=O)CC3CCCO3)CC2)nc2[nH]nc(N3CCOCC3)c12. The van der Waals surface area contributed by atoms with Crippen molar-refractivity contribution in [2.45, 2.75) is 56.7 Å². The van der Waals surface area contributed by atoms with Gasteiger partial charge in [0.1, 0.15) is 5.39 Å². The van der Waals surface area contributed by atoms with Gasteiger partial charge in [-0.2, -0.15) is 15.1 Å². The molecule has 0 radical (unpaired) electrons. The van der Waals surface area contributed by atoms with Crippen molar-refractivity contribution in [2.24, 2.45) is 0 Å². The lowest BCUT2D eigenvalue weighted by Gasteiger charge is -2.30. The van der Waals surface area contributed by atoms with E-state index in [0.29, 0.717) is 37.3 Å². The Bertz CT molecular complexity index is 1070. The molecule has 0 amide bonds. The molecule has 34 heavy (non-hydrogen) atoms. The Morgan fingerprint density at radius 3 is 2.56 bits per heavy atom. The van der Waals surface area contributed by atoms with Gasteiger partial charge in [-0.25, -0.2) is 13.1 Å². The minimum absolute atomic E-state index is 0.0499. The highest BCUT2D eigenvalue weighted by molar-refractivity contribution is 7.89. The van der Waals surface area contributed by atoms with Crippen LogP contribution in [0.15, 0.2) is 0 Å². The van der Waals surface area contributed by atoms with Gasteiger partial charge in [-0.15, -0.1) is 0 Å². The van der Waals surface area contributed by atoms with Crippen molar-refractivity contribution in [3.05, 3.63) is 0 Å². The lowest BCUT2D eigenvalue weighted by Crippen LogP contribution is -2.42. The van der Waals surface area contributed by atoms with Crippen LogP contribution in [0.5, 0.6) is 5.88 Å². The van der Waals surface area contributed by atoms with Crippen LogP contribution in [0.25, 0.3) is 11.0 Å². The van der Waals surface area contributed by atoms with Crippen LogP contribution in [0.1, 0.15) is 38.5 Å². The van der Waals surface area contributed by atoms with Gasteiger partial charge in [-0.1, -0.05) is 0 Å². The zero-order valence-corrected chi connectivity index (χ0v) is 20.3. The van der Waals surface area contributed by atoms with Crippen molar-refractivity contribution in [3.8, 4) is 5.88 Å². The summed E-state index contributed by atoms with van der Waals surface area (Å²) in [7, 11) is -1.75. The van der Waals surface area contributed by atoms with Gasteiger partial charge in [-0.3, -0.25) is 5.10 Å². The molecule has 2 aromatic heterocycles. The summed E-state index contributed by atoms with van der Waals surface area (Å²) in [6.07, 6.45) is 4.72. The van der Waals surface area contributed by atoms with Crippen molar-refractivity contribution in [2.75, 3.05) is 56.0 Å². The normalized spacial score (nSPS) is 26.1. The third-order valence-corrected chi connectivity index (χ3v) is 8.21. The molecule has 2 saturated heterocycles. The molecule has 1 unspecified atom stereocenters. The minimum atomic E-state index is -3.34. The van der Waals surface area contributed by atoms with Crippen molar-refractivity contribution in [1.82, 2.24) is 24.9 Å². The number of nitrogens with one attached hydrogen (secondary N) is 3. The Morgan fingerprint density at radius 1 is 1.09 bits per heavy atom. The quantitative estimate of drug-likeness (QED) is 0.485. The van der Waals surface area contributed by atoms with Gasteiger partial charge in [-0.05, 0) is 38.5 Å². The zero-order chi connectivity index (χ0) is 23.5. The van der Waals surface area contributed by atoms with Crippen molar-refractivity contribution < 1.29 is 22.6 Å². The average molecular weight is 496 g/mol. The third kappa shape index (κ3) is 5.37. The molecule has 3 N–H and O–H groups in total. The molecule has 3 aliphatic rings. The topological polar surface area (TPSA) is 144 Å². The molecule has 12 nitrogen and oxygen atoms in total. The Labute approximate surface area is 199 Å². The van der Waals surface area contributed by atoms with Gasteiger partial charge in [0.15, 0.2) is 11.5 Å². The van der Waals surface area contributed by atoms with Gasteiger partial charge in [0.05, 0.1) is 32.2 Å². The smallest absolute Gasteiger partial charge is 0.231 e. The van der Waals surface area contributed by atoms with Crippen molar-refractivity contribution in [1.29, 1.82) is 0 Å². The molecular weight excluding hydrogens is 462 g/mol. The zero-order valence-electron chi connectivity index (χ0n) is 19.5. The monoisotopic (exact) mass is 495 g/mol. The molecule has 188 valence electrons. The first kappa shape index (κ1) is 23.5. The standard InChI is InChI=1S/C21H33N7O5S/c1-31-20-17-18(25-26-19(17)28-8-11-32-12-9-28)23-21(24-20)22-14-4-6-15(7-5-14)27-34(29,30)13-16-3-2-10-33-16/h14-16,27H,2-13H2,1H3,(H2,22,23,24,25,26). The van der Waals surface area contributed by atoms with E-state index in [4.69, 9.17) is 14.2 Å². The van der Waals surface area contributed by atoms with E-state index in [2.05, 4.69) is 35.1 Å². The van der Waals surface area contributed by atoms with E-state index < -0.39 is 10.0 Å². The lowest BCUT2D eigenvalue weighted by atomic mass is 9.92. The number of aromatic amines is 1. The molecule has 4 heterocycles. The fraction of sp³-hybridized carbons (Fsp3) is 0.762. The molecule has 3 fully saturated rings. The Morgan fingerprint density at radius 2 is 1.85 bits per heavy atom. The van der Waals surface area contributed by atoms with Crippen LogP contribution in [0.2, 0.25) is 0 Å². The second-order valence-electron chi connectivity index (χ2n) is 9.15. The molecule has 1 atom stereocenters. The van der Waals surface area contributed by atoms with Crippen LogP contribution in [0, 0.1) is 0 Å². The highest BCUT2D eigenvalue weighted by Crippen LogP contribution is 2.32. The number of nitrogens with zero attached hydrogens (tertiary/aromatic N) is 4. The van der Waals surface area contributed by atoms with Crippen LogP contribution in [-0.4, -0.2) is 92.5 Å². The third-order valence-electron chi connectivity index (χ3n) is 6.71. The molecule has 0 spiro atoms. The van der Waals surface area contributed by atoms with Gasteiger partial charge in [0.2, 0.25) is 21.9 Å². The summed E-state index contributed by atoms with van der Waals surface area (Å²) in [5, 5.41) is 11.6. The Balaban J connectivity index is 1.19. The number of hydrogen-bond donors (Lipinski definition) is 3. The second-order valence-corrected chi connectivity index (χ2v) is 11.0. The van der Waals surface area contributed by atoms with Crippen LogP contribution in [0.3, 0.4) is 0 Å². The number of morpholine rings is 1. The van der Waals surface area contributed by atoms with Gasteiger partial charge >= 0.3 is 0 Å². The number of hydrogen-bond acceptors (Lipinski definition) is 10. The van der Waals surface area contributed by atoms with E-state index in [1.165, 1.54) is 0 Å². The van der Waals surface area contributed by atoms with Crippen LogP contribution >= 0.6 is 0 Å². The van der Waals surface area contributed by atoms with Crippen molar-refractivity contribution in [3.63, 3.8) is 0 Å². The van der Waals surface area contributed by atoms with Crippen LogP contribution in [-0.2, 0) is 19.5 Å². The maximum absolute atomic E-state index is 12.5. The van der Waals surface area contributed by atoms with E-state index in [0.717, 1.165) is 62.8 Å². The van der Waals surface area contributed by atoms with Gasteiger partial charge < -0.3 is 24.4 Å². The van der Waals surface area contributed by atoms with E-state index in [-0.39, 0.29) is 23.9 Å². The number of H-pyrrole nitrogens is 1. The summed E-state index contributed by atoms with van der Waals surface area (Å²) in [5.74, 6) is 1.77. The summed E-state index contributed by atoms with van der Waals surface area (Å²) in [6, 6.07) is 0.105. The van der Waals surface area contributed by atoms with Gasteiger partial charge in [0.25, 0.3) is 0 Å². The molecule has 0 aromatic carbocycles. The average Bonchev–Trinajstić information content (AvgIpc) is 3.50. The molecular formula is C21H33N7O5S. The maximum Gasteiger partial charge on any atom is 0.231 e. The second kappa shape index (κ2) is 10.2. The number of anilines is 2. The minimum Gasteiger partial charge on any atom is -0.480 e. The number of sulfonamides is 1. The van der Waals surface area contributed by atoms with Crippen molar-refractivity contribution >= 4 is 32.8 Å².